The lowest BCUT2D eigenvalue weighted by atomic mass is 9.88. The van der Waals surface area contributed by atoms with Gasteiger partial charge < -0.3 is 20.4 Å². The number of carboxylic acid groups (broad SMARTS) is 3. The molecule has 79 valence electrons. The monoisotopic (exact) mass is 205 g/mol. The van der Waals surface area contributed by atoms with Crippen molar-refractivity contribution in [3.8, 4) is 0 Å². The van der Waals surface area contributed by atoms with Crippen LogP contribution in [-0.4, -0.2) is 44.4 Å². The van der Waals surface area contributed by atoms with Crippen molar-refractivity contribution in [1.82, 2.24) is 0 Å². The number of aliphatic hydroxyl groups is 1. The topological polar surface area (TPSA) is 132 Å². The summed E-state index contributed by atoms with van der Waals surface area (Å²) in [4.78, 5) is 31.3. The quantitative estimate of drug-likeness (QED) is 0.408. The average molecular weight is 205 g/mol. The molecule has 7 nitrogen and oxygen atoms in total. The Bertz CT molecular complexity index is 243. The predicted molar refractivity (Wildman–Crippen MR) is 41.3 cm³/mol. The van der Waals surface area contributed by atoms with E-state index in [1.807, 2.05) is 0 Å². The van der Waals surface area contributed by atoms with Crippen molar-refractivity contribution < 1.29 is 34.8 Å². The molecule has 0 aromatic rings. The molecule has 0 heterocycles. The number of carbonyl (C=O) groups is 3. The minimum absolute atomic E-state index is 1.72. The van der Waals surface area contributed by atoms with Crippen molar-refractivity contribution in [2.45, 2.75) is 6.10 Å². The summed E-state index contributed by atoms with van der Waals surface area (Å²) in [5.41, 5.74) is 0. The van der Waals surface area contributed by atoms with Crippen LogP contribution in [0.5, 0.6) is 0 Å². The molecule has 4 N–H and O–H groups in total. The molecule has 0 rings (SSSR count). The smallest absolute Gasteiger partial charge is 0.318 e. The number of aliphatic carboxylic acids is 3. The van der Waals surface area contributed by atoms with Crippen LogP contribution in [0, 0.1) is 18.8 Å². The highest BCUT2D eigenvalue weighted by molar-refractivity contribution is 5.97. The summed E-state index contributed by atoms with van der Waals surface area (Å²) < 4.78 is 0. The molecule has 14 heavy (non-hydrogen) atoms. The molecule has 0 bridgehead atoms. The standard InChI is InChI=1S/C7H9O7/c1-2(8)3(5(9)10)4(6(11)12)7(13)14/h2-4,8H,1H2,(H,9,10)(H,11,12)(H,13,14). The molecule has 0 aromatic carbocycles. The lowest BCUT2D eigenvalue weighted by Gasteiger charge is -2.18. The lowest BCUT2D eigenvalue weighted by molar-refractivity contribution is -0.167. The van der Waals surface area contributed by atoms with Gasteiger partial charge in [-0.25, -0.2) is 0 Å². The zero-order chi connectivity index (χ0) is 11.5. The molecule has 2 unspecified atom stereocenters. The van der Waals surface area contributed by atoms with Crippen molar-refractivity contribution in [1.29, 1.82) is 0 Å². The molecular formula is C7H9O7. The predicted octanol–water partition coefficient (Wildman–Crippen LogP) is -1.33. The third kappa shape index (κ3) is 2.70. The van der Waals surface area contributed by atoms with Crippen LogP contribution in [0.25, 0.3) is 0 Å². The van der Waals surface area contributed by atoms with E-state index >= 15 is 0 Å². The van der Waals surface area contributed by atoms with Gasteiger partial charge in [0.05, 0.1) is 6.10 Å². The number of rotatable bonds is 5. The van der Waals surface area contributed by atoms with Gasteiger partial charge in [0.25, 0.3) is 0 Å². The summed E-state index contributed by atoms with van der Waals surface area (Å²) in [6, 6.07) is 0. The number of hydrogen-bond donors (Lipinski definition) is 4. The van der Waals surface area contributed by atoms with E-state index < -0.39 is 35.8 Å². The van der Waals surface area contributed by atoms with Gasteiger partial charge in [-0.1, -0.05) is 0 Å². The van der Waals surface area contributed by atoms with Gasteiger partial charge in [-0.3, -0.25) is 14.4 Å². The fourth-order valence-corrected chi connectivity index (χ4v) is 0.942. The maximum atomic E-state index is 10.5. The number of aliphatic hydroxyl groups excluding tert-OH is 1. The molecule has 2 atom stereocenters. The second-order valence-corrected chi connectivity index (χ2v) is 2.59. The molecule has 0 fully saturated rings. The molecule has 0 aliphatic rings. The fraction of sp³-hybridized carbons (Fsp3) is 0.429. The van der Waals surface area contributed by atoms with E-state index in [0.717, 1.165) is 0 Å². The summed E-state index contributed by atoms with van der Waals surface area (Å²) in [7, 11) is 0. The summed E-state index contributed by atoms with van der Waals surface area (Å²) >= 11 is 0. The molecule has 0 amide bonds. The van der Waals surface area contributed by atoms with Gasteiger partial charge >= 0.3 is 17.9 Å². The number of hydrogen-bond acceptors (Lipinski definition) is 4. The van der Waals surface area contributed by atoms with E-state index in [4.69, 9.17) is 20.4 Å². The van der Waals surface area contributed by atoms with E-state index in [0.29, 0.717) is 0 Å². The van der Waals surface area contributed by atoms with Gasteiger partial charge in [-0.2, -0.15) is 0 Å². The van der Waals surface area contributed by atoms with Gasteiger partial charge in [-0.15, -0.1) is 0 Å². The van der Waals surface area contributed by atoms with Crippen molar-refractivity contribution in [3.05, 3.63) is 6.92 Å². The van der Waals surface area contributed by atoms with Gasteiger partial charge in [0.1, 0.15) is 5.92 Å². The second-order valence-electron chi connectivity index (χ2n) is 2.59. The van der Waals surface area contributed by atoms with E-state index in [1.165, 1.54) is 0 Å². The first-order valence-corrected chi connectivity index (χ1v) is 3.48. The average Bonchev–Trinajstić information content (AvgIpc) is 1.96. The Hall–Kier alpha value is -1.63. The molecule has 0 spiro atoms. The van der Waals surface area contributed by atoms with Crippen LogP contribution in [0.3, 0.4) is 0 Å². The maximum Gasteiger partial charge on any atom is 0.318 e. The molecule has 0 saturated carbocycles. The summed E-state index contributed by atoms with van der Waals surface area (Å²) in [6.07, 6.45) is -1.80. The van der Waals surface area contributed by atoms with E-state index in [1.54, 1.807) is 0 Å². The highest BCUT2D eigenvalue weighted by Crippen LogP contribution is 2.17. The number of carboxylic acids is 3. The SMILES string of the molecule is [CH2]C(O)C(C(=O)O)C(C(=O)O)C(=O)O. The lowest BCUT2D eigenvalue weighted by Crippen LogP contribution is -2.41. The molecule has 0 aromatic heterocycles. The molecule has 0 saturated heterocycles. The van der Waals surface area contributed by atoms with Crippen LogP contribution in [0.2, 0.25) is 0 Å². The first-order chi connectivity index (χ1) is 6.29. The van der Waals surface area contributed by atoms with Crippen LogP contribution >= 0.6 is 0 Å². The zero-order valence-corrected chi connectivity index (χ0v) is 6.95. The zero-order valence-electron chi connectivity index (χ0n) is 6.95. The minimum Gasteiger partial charge on any atom is -0.481 e. The second kappa shape index (κ2) is 4.56. The van der Waals surface area contributed by atoms with Crippen molar-refractivity contribution in [2.24, 2.45) is 11.8 Å². The Kier molecular flexibility index (Phi) is 4.03. The van der Waals surface area contributed by atoms with Crippen LogP contribution in [-0.2, 0) is 14.4 Å². The van der Waals surface area contributed by atoms with Crippen LogP contribution in [0.4, 0.5) is 0 Å². The first kappa shape index (κ1) is 12.4. The van der Waals surface area contributed by atoms with Gasteiger partial charge in [-0.05, 0) is 6.92 Å². The Morgan fingerprint density at radius 3 is 1.36 bits per heavy atom. The first-order valence-electron chi connectivity index (χ1n) is 3.48. The third-order valence-corrected chi connectivity index (χ3v) is 1.59. The minimum atomic E-state index is -2.21. The fourth-order valence-electron chi connectivity index (χ4n) is 0.942. The Balaban J connectivity index is 5.03. The molecule has 0 aliphatic carbocycles. The van der Waals surface area contributed by atoms with Gasteiger partial charge in [0.15, 0.2) is 5.92 Å². The van der Waals surface area contributed by atoms with Gasteiger partial charge in [0.2, 0.25) is 0 Å². The van der Waals surface area contributed by atoms with Gasteiger partial charge in [0, 0.05) is 0 Å². The Labute approximate surface area is 78.6 Å². The summed E-state index contributed by atoms with van der Waals surface area (Å²) in [5.74, 6) is -9.55. The van der Waals surface area contributed by atoms with E-state index in [-0.39, 0.29) is 0 Å². The summed E-state index contributed by atoms with van der Waals surface area (Å²) in [6.45, 7) is 2.89. The largest absolute Gasteiger partial charge is 0.481 e. The van der Waals surface area contributed by atoms with Crippen LogP contribution < -0.4 is 0 Å². The summed E-state index contributed by atoms with van der Waals surface area (Å²) in [5, 5.41) is 34.2. The van der Waals surface area contributed by atoms with Crippen LogP contribution in [0.1, 0.15) is 0 Å². The van der Waals surface area contributed by atoms with Crippen molar-refractivity contribution in [3.63, 3.8) is 0 Å². The highest BCUT2D eigenvalue weighted by atomic mass is 16.4. The van der Waals surface area contributed by atoms with Crippen molar-refractivity contribution in [2.75, 3.05) is 0 Å². The maximum absolute atomic E-state index is 10.5. The van der Waals surface area contributed by atoms with Crippen molar-refractivity contribution >= 4 is 17.9 Å². The molecular weight excluding hydrogens is 196 g/mol. The van der Waals surface area contributed by atoms with E-state index in [9.17, 15) is 14.4 Å². The molecule has 1 radical (unpaired) electrons. The van der Waals surface area contributed by atoms with E-state index in [2.05, 4.69) is 6.92 Å². The normalized spacial score (nSPS) is 14.8. The Morgan fingerprint density at radius 1 is 0.929 bits per heavy atom. The third-order valence-electron chi connectivity index (χ3n) is 1.59. The van der Waals surface area contributed by atoms with Crippen LogP contribution in [0.15, 0.2) is 0 Å². The molecule has 7 heteroatoms. The molecule has 0 aliphatic heterocycles. The Morgan fingerprint density at radius 2 is 1.29 bits per heavy atom. The highest BCUT2D eigenvalue weighted by Gasteiger charge is 2.42.